The fourth-order valence-electron chi connectivity index (χ4n) is 5.47. The number of aliphatic hydroxyl groups excluding tert-OH is 1. The van der Waals surface area contributed by atoms with Gasteiger partial charge in [-0.15, -0.1) is 10.2 Å². The number of β-amino-alcohol motifs (C(OH)–C–C–N with tert-alkyl or cyclic N) is 1. The van der Waals surface area contributed by atoms with Crippen LogP contribution in [-0.2, 0) is 17.8 Å². The number of nitrogens with one attached hydrogen (secondary N) is 1. The van der Waals surface area contributed by atoms with Crippen LogP contribution in [0.25, 0.3) is 22.5 Å². The van der Waals surface area contributed by atoms with E-state index in [4.69, 9.17) is 4.42 Å². The number of nitrogens with zero attached hydrogens (tertiary/aromatic N) is 6. The summed E-state index contributed by atoms with van der Waals surface area (Å²) in [6.07, 6.45) is 0.589. The number of oxazole rings is 1. The monoisotopic (exact) mass is 553 g/mol. The highest BCUT2D eigenvalue weighted by Gasteiger charge is 2.28. The number of carbonyl (C=O) groups excluding carboxylic acids is 1. The lowest BCUT2D eigenvalue weighted by Crippen LogP contribution is -2.39. The van der Waals surface area contributed by atoms with E-state index < -0.39 is 5.76 Å². The number of likely N-dealkylation sites (tertiary alicyclic amines) is 1. The molecule has 3 heterocycles. The Kier molecular flexibility index (Phi) is 7.45. The highest BCUT2D eigenvalue weighted by atomic mass is 16.4. The Morgan fingerprint density at radius 3 is 2.73 bits per heavy atom. The molecule has 0 bridgehead atoms. The minimum absolute atomic E-state index is 0.0387. The Labute approximate surface area is 236 Å². The van der Waals surface area contributed by atoms with Crippen molar-refractivity contribution >= 4 is 17.0 Å². The van der Waals surface area contributed by atoms with Gasteiger partial charge in [0.15, 0.2) is 5.58 Å². The highest BCUT2D eigenvalue weighted by Crippen LogP contribution is 2.25. The van der Waals surface area contributed by atoms with E-state index in [2.05, 4.69) is 25.5 Å². The molecular weight excluding hydrogens is 522 g/mol. The summed E-state index contributed by atoms with van der Waals surface area (Å²) < 4.78 is 7.07. The number of fused-ring (bicyclic) bond motifs is 1. The Morgan fingerprint density at radius 1 is 1.12 bits per heavy atom. The number of tetrazole rings is 1. The summed E-state index contributed by atoms with van der Waals surface area (Å²) in [5, 5.41) is 24.1. The van der Waals surface area contributed by atoms with Crippen LogP contribution in [0.1, 0.15) is 29.2 Å². The number of hydrogen-bond donors (Lipinski definition) is 2. The first-order valence-electron chi connectivity index (χ1n) is 13.6. The van der Waals surface area contributed by atoms with Crippen LogP contribution in [0, 0.1) is 0 Å². The molecule has 0 unspecified atom stereocenters. The number of rotatable bonds is 9. The summed E-state index contributed by atoms with van der Waals surface area (Å²) in [5.74, 6) is -0.0402. The molecule has 41 heavy (non-hydrogen) atoms. The van der Waals surface area contributed by atoms with Crippen molar-refractivity contribution in [1.82, 2.24) is 35.0 Å². The zero-order valence-corrected chi connectivity index (χ0v) is 22.7. The maximum atomic E-state index is 13.6. The smallest absolute Gasteiger partial charge is 0.408 e. The van der Waals surface area contributed by atoms with Crippen molar-refractivity contribution in [2.75, 3.05) is 26.7 Å². The summed E-state index contributed by atoms with van der Waals surface area (Å²) in [6, 6.07) is 22.8. The van der Waals surface area contributed by atoms with E-state index in [1.54, 1.807) is 15.5 Å². The molecule has 1 aliphatic rings. The molecule has 1 saturated heterocycles. The van der Waals surface area contributed by atoms with Crippen molar-refractivity contribution in [3.05, 3.63) is 100 Å². The fourth-order valence-corrected chi connectivity index (χ4v) is 5.47. The van der Waals surface area contributed by atoms with Crippen LogP contribution < -0.4 is 5.76 Å². The van der Waals surface area contributed by atoms with Gasteiger partial charge in [-0.05, 0) is 46.5 Å². The minimum atomic E-state index is -0.470. The number of benzene rings is 3. The minimum Gasteiger partial charge on any atom is -0.408 e. The number of aromatic nitrogens is 5. The number of aromatic amines is 1. The van der Waals surface area contributed by atoms with Crippen molar-refractivity contribution in [2.24, 2.45) is 0 Å². The number of hydrogen-bond acceptors (Lipinski definition) is 8. The van der Waals surface area contributed by atoms with E-state index >= 15 is 0 Å². The quantitative estimate of drug-likeness (QED) is 0.285. The lowest BCUT2D eigenvalue weighted by Gasteiger charge is -2.32. The number of aliphatic hydroxyl groups is 1. The first-order valence-corrected chi connectivity index (χ1v) is 13.6. The van der Waals surface area contributed by atoms with Gasteiger partial charge in [0.25, 0.3) is 0 Å². The van der Waals surface area contributed by atoms with Gasteiger partial charge in [0.2, 0.25) is 11.7 Å². The van der Waals surface area contributed by atoms with Gasteiger partial charge in [-0.25, -0.2) is 4.79 Å². The largest absolute Gasteiger partial charge is 0.420 e. The molecule has 11 nitrogen and oxygen atoms in total. The van der Waals surface area contributed by atoms with Gasteiger partial charge in [0, 0.05) is 32.2 Å². The van der Waals surface area contributed by atoms with Crippen LogP contribution in [0.2, 0.25) is 0 Å². The molecule has 1 amide bonds. The molecule has 0 saturated carbocycles. The molecule has 2 atom stereocenters. The van der Waals surface area contributed by atoms with E-state index in [-0.39, 0.29) is 31.0 Å². The molecule has 6 rings (SSSR count). The van der Waals surface area contributed by atoms with Crippen molar-refractivity contribution < 1.29 is 14.3 Å². The molecule has 210 valence electrons. The second-order valence-corrected chi connectivity index (χ2v) is 10.5. The summed E-state index contributed by atoms with van der Waals surface area (Å²) in [6.45, 7) is 2.34. The molecular formula is C30H31N7O4. The van der Waals surface area contributed by atoms with Crippen molar-refractivity contribution in [3.63, 3.8) is 0 Å². The van der Waals surface area contributed by atoms with E-state index in [9.17, 15) is 14.7 Å². The average molecular weight is 554 g/mol. The third kappa shape index (κ3) is 5.81. The molecule has 1 fully saturated rings. The summed E-state index contributed by atoms with van der Waals surface area (Å²) >= 11 is 0. The van der Waals surface area contributed by atoms with Crippen LogP contribution in [0.15, 0.2) is 82.0 Å². The van der Waals surface area contributed by atoms with Crippen LogP contribution in [0.5, 0.6) is 0 Å². The second kappa shape index (κ2) is 11.5. The fraction of sp³-hybridized carbons (Fsp3) is 0.300. The predicted octanol–water partition coefficient (Wildman–Crippen LogP) is 2.63. The van der Waals surface area contributed by atoms with Gasteiger partial charge in [-0.2, -0.15) is 5.21 Å². The van der Waals surface area contributed by atoms with Crippen LogP contribution in [0.4, 0.5) is 0 Å². The standard InChI is InChI=1S/C30H31N7O4/c1-35(26(22-7-3-2-4-8-22)19-36-13-12-24(38)18-36)28(39)16-20-10-11-27-25(15-20)37(30(40)41-27)17-21-6-5-9-23(14-21)29-31-33-34-32-29/h2-11,14-15,24,26,38H,12-13,16-19H2,1H3,(H,31,32,33,34)/t24-,26-/m1/s1. The Morgan fingerprint density at radius 2 is 1.98 bits per heavy atom. The van der Waals surface area contributed by atoms with Crippen molar-refractivity contribution in [3.8, 4) is 11.4 Å². The number of carbonyl (C=O) groups is 1. The Bertz CT molecular complexity index is 1700. The third-order valence-electron chi connectivity index (χ3n) is 7.68. The number of amides is 1. The summed E-state index contributed by atoms with van der Waals surface area (Å²) in [7, 11) is 1.83. The zero-order valence-electron chi connectivity index (χ0n) is 22.7. The molecule has 3 aromatic carbocycles. The van der Waals surface area contributed by atoms with Gasteiger partial charge in [0.05, 0.1) is 30.6 Å². The average Bonchev–Trinajstić information content (AvgIpc) is 3.73. The third-order valence-corrected chi connectivity index (χ3v) is 7.68. The van der Waals surface area contributed by atoms with Gasteiger partial charge >= 0.3 is 5.76 Å². The van der Waals surface area contributed by atoms with Gasteiger partial charge in [-0.1, -0.05) is 54.6 Å². The van der Waals surface area contributed by atoms with E-state index in [1.807, 2.05) is 73.8 Å². The molecule has 0 spiro atoms. The lowest BCUT2D eigenvalue weighted by molar-refractivity contribution is -0.131. The van der Waals surface area contributed by atoms with Gasteiger partial charge in [-0.3, -0.25) is 14.3 Å². The summed E-state index contributed by atoms with van der Waals surface area (Å²) in [5.41, 5.74) is 4.57. The van der Waals surface area contributed by atoms with Crippen LogP contribution in [0.3, 0.4) is 0 Å². The van der Waals surface area contributed by atoms with E-state index in [0.717, 1.165) is 35.2 Å². The first-order chi connectivity index (χ1) is 19.9. The van der Waals surface area contributed by atoms with E-state index in [1.165, 1.54) is 0 Å². The molecule has 0 radical (unpaired) electrons. The SMILES string of the molecule is CN(C(=O)Cc1ccc2oc(=O)n(Cc3cccc(-c4nn[nH]n4)c3)c2c1)[C@H](CN1CC[C@@H](O)C1)c1ccccc1. The normalized spacial score (nSPS) is 16.3. The molecule has 11 heteroatoms. The first kappa shape index (κ1) is 26.6. The molecule has 2 aromatic heterocycles. The number of likely N-dealkylation sites (N-methyl/N-ethyl adjacent to an activating group) is 1. The van der Waals surface area contributed by atoms with Crippen molar-refractivity contribution in [1.29, 1.82) is 0 Å². The summed E-state index contributed by atoms with van der Waals surface area (Å²) in [4.78, 5) is 30.4. The topological polar surface area (TPSA) is 133 Å². The van der Waals surface area contributed by atoms with Crippen LogP contribution in [-0.4, -0.2) is 78.8 Å². The molecule has 5 aromatic rings. The van der Waals surface area contributed by atoms with Gasteiger partial charge < -0.3 is 14.4 Å². The molecule has 2 N–H and O–H groups in total. The van der Waals surface area contributed by atoms with Crippen LogP contribution >= 0.6 is 0 Å². The maximum Gasteiger partial charge on any atom is 0.420 e. The van der Waals surface area contributed by atoms with E-state index in [0.29, 0.717) is 30.0 Å². The maximum absolute atomic E-state index is 13.6. The zero-order chi connectivity index (χ0) is 28.3. The second-order valence-electron chi connectivity index (χ2n) is 10.5. The molecule has 0 aliphatic carbocycles. The van der Waals surface area contributed by atoms with Gasteiger partial charge in [0.1, 0.15) is 0 Å². The lowest BCUT2D eigenvalue weighted by atomic mass is 10.0. The van der Waals surface area contributed by atoms with Crippen molar-refractivity contribution in [2.45, 2.75) is 31.5 Å². The molecule has 1 aliphatic heterocycles. The predicted molar refractivity (Wildman–Crippen MR) is 152 cm³/mol. The highest BCUT2D eigenvalue weighted by molar-refractivity contribution is 5.81. The Balaban J connectivity index is 1.23. The number of H-pyrrole nitrogens is 1. The Hall–Kier alpha value is -4.61.